The van der Waals surface area contributed by atoms with Crippen LogP contribution in [-0.2, 0) is 14.4 Å². The van der Waals surface area contributed by atoms with Crippen molar-refractivity contribution in [3.05, 3.63) is 30.8 Å². The fraction of sp³-hybridized carbons (Fsp3) is 0.455. The largest absolute Gasteiger partial charge is 0.496 e. The Balaban J connectivity index is 1.53. The molecule has 1 aliphatic rings. The Kier molecular flexibility index (Phi) is 7.67. The van der Waals surface area contributed by atoms with Crippen molar-refractivity contribution >= 4 is 23.5 Å². The minimum absolute atomic E-state index is 0.0261. The topological polar surface area (TPSA) is 137 Å². The average molecular weight is 460 g/mol. The summed E-state index contributed by atoms with van der Waals surface area (Å²) >= 11 is 0. The highest BCUT2D eigenvalue weighted by Gasteiger charge is 2.29. The molecular weight excluding hydrogens is 430 g/mol. The number of rotatable bonds is 8. The SMILES string of the molecule is COc1cc(NC(=O)C(=O)NC(C)(C)CN2CCN(CC(=O)O)CC2)ccc1-c1cnco1. The van der Waals surface area contributed by atoms with E-state index in [0.717, 1.165) is 0 Å². The Hall–Kier alpha value is -3.44. The number of aromatic nitrogens is 1. The zero-order valence-corrected chi connectivity index (χ0v) is 19.0. The lowest BCUT2D eigenvalue weighted by Gasteiger charge is -2.38. The number of aliphatic carboxylic acids is 1. The molecule has 0 radical (unpaired) electrons. The number of carboxylic acids is 1. The Labute approximate surface area is 191 Å². The number of oxazole rings is 1. The second kappa shape index (κ2) is 10.5. The van der Waals surface area contributed by atoms with Crippen molar-refractivity contribution in [2.75, 3.05) is 51.7 Å². The molecule has 1 fully saturated rings. The summed E-state index contributed by atoms with van der Waals surface area (Å²) in [5, 5.41) is 14.3. The standard InChI is InChI=1S/C22H29N5O6/c1-22(2,13-27-8-6-26(7-9-27)12-19(28)29)25-21(31)20(30)24-15-4-5-16(17(10-15)32-3)18-11-23-14-33-18/h4-5,10-11,14H,6-9,12-13H2,1-3H3,(H,24,30)(H,25,31)(H,28,29). The van der Waals surface area contributed by atoms with E-state index in [0.29, 0.717) is 55.5 Å². The molecule has 1 saturated heterocycles. The van der Waals surface area contributed by atoms with Crippen molar-refractivity contribution in [2.24, 2.45) is 0 Å². The van der Waals surface area contributed by atoms with Gasteiger partial charge in [-0.15, -0.1) is 0 Å². The van der Waals surface area contributed by atoms with Crippen molar-refractivity contribution < 1.29 is 28.6 Å². The first-order valence-corrected chi connectivity index (χ1v) is 10.5. The molecular formula is C22H29N5O6. The van der Waals surface area contributed by atoms with E-state index in [1.165, 1.54) is 13.5 Å². The van der Waals surface area contributed by atoms with Crippen LogP contribution in [0.15, 0.2) is 35.2 Å². The van der Waals surface area contributed by atoms with E-state index in [-0.39, 0.29) is 6.54 Å². The highest BCUT2D eigenvalue weighted by Crippen LogP contribution is 2.32. The molecule has 33 heavy (non-hydrogen) atoms. The zero-order valence-electron chi connectivity index (χ0n) is 19.0. The van der Waals surface area contributed by atoms with Gasteiger partial charge in [-0.1, -0.05) is 0 Å². The summed E-state index contributed by atoms with van der Waals surface area (Å²) in [6, 6.07) is 4.96. The molecule has 3 rings (SSSR count). The van der Waals surface area contributed by atoms with Gasteiger partial charge in [-0.25, -0.2) is 4.98 Å². The number of carbonyl (C=O) groups is 3. The number of carbonyl (C=O) groups excluding carboxylic acids is 2. The highest BCUT2D eigenvalue weighted by atomic mass is 16.5. The van der Waals surface area contributed by atoms with Crippen LogP contribution in [0.25, 0.3) is 11.3 Å². The van der Waals surface area contributed by atoms with Crippen LogP contribution in [0.2, 0.25) is 0 Å². The predicted molar refractivity (Wildman–Crippen MR) is 120 cm³/mol. The van der Waals surface area contributed by atoms with Gasteiger partial charge in [0.15, 0.2) is 12.2 Å². The maximum atomic E-state index is 12.5. The number of nitrogens with zero attached hydrogens (tertiary/aromatic N) is 3. The number of amides is 2. The number of benzene rings is 1. The predicted octanol–water partition coefficient (Wildman–Crippen LogP) is 0.886. The van der Waals surface area contributed by atoms with Crippen LogP contribution in [0.3, 0.4) is 0 Å². The van der Waals surface area contributed by atoms with Gasteiger partial charge in [0.05, 0.1) is 25.4 Å². The summed E-state index contributed by atoms with van der Waals surface area (Å²) in [5.74, 6) is -1.39. The molecule has 11 heteroatoms. The molecule has 0 bridgehead atoms. The lowest BCUT2D eigenvalue weighted by atomic mass is 10.0. The maximum absolute atomic E-state index is 12.5. The Morgan fingerprint density at radius 3 is 2.45 bits per heavy atom. The fourth-order valence-corrected chi connectivity index (χ4v) is 3.77. The first kappa shape index (κ1) is 24.2. The van der Waals surface area contributed by atoms with E-state index < -0.39 is 23.3 Å². The van der Waals surface area contributed by atoms with Gasteiger partial charge in [0.2, 0.25) is 0 Å². The van der Waals surface area contributed by atoms with Crippen molar-refractivity contribution in [2.45, 2.75) is 19.4 Å². The number of anilines is 1. The van der Waals surface area contributed by atoms with Gasteiger partial charge in [-0.05, 0) is 26.0 Å². The molecule has 0 saturated carbocycles. The molecule has 2 heterocycles. The molecule has 0 aliphatic carbocycles. The number of ether oxygens (including phenoxy) is 1. The highest BCUT2D eigenvalue weighted by molar-refractivity contribution is 6.39. The number of nitrogens with one attached hydrogen (secondary N) is 2. The molecule has 1 aromatic heterocycles. The molecule has 0 atom stereocenters. The molecule has 3 N–H and O–H groups in total. The Bertz CT molecular complexity index is 983. The van der Waals surface area contributed by atoms with Crippen LogP contribution >= 0.6 is 0 Å². The van der Waals surface area contributed by atoms with Gasteiger partial charge in [-0.3, -0.25) is 24.2 Å². The molecule has 0 spiro atoms. The minimum atomic E-state index is -0.840. The van der Waals surface area contributed by atoms with Crippen molar-refractivity contribution in [3.63, 3.8) is 0 Å². The molecule has 2 amide bonds. The van der Waals surface area contributed by atoms with Gasteiger partial charge in [0, 0.05) is 50.0 Å². The summed E-state index contributed by atoms with van der Waals surface area (Å²) in [7, 11) is 1.50. The number of hydrogen-bond acceptors (Lipinski definition) is 8. The zero-order chi connectivity index (χ0) is 24.0. The lowest BCUT2D eigenvalue weighted by Crippen LogP contribution is -2.57. The van der Waals surface area contributed by atoms with Crippen LogP contribution in [0.4, 0.5) is 5.69 Å². The van der Waals surface area contributed by atoms with E-state index in [9.17, 15) is 14.4 Å². The quantitative estimate of drug-likeness (QED) is 0.491. The number of hydrogen-bond donors (Lipinski definition) is 3. The second-order valence-corrected chi connectivity index (χ2v) is 8.52. The summed E-state index contributed by atoms with van der Waals surface area (Å²) in [6.45, 7) is 6.91. The summed E-state index contributed by atoms with van der Waals surface area (Å²) in [5.41, 5.74) is 0.418. The van der Waals surface area contributed by atoms with Crippen molar-refractivity contribution in [1.29, 1.82) is 0 Å². The van der Waals surface area contributed by atoms with Crippen LogP contribution in [0.1, 0.15) is 13.8 Å². The fourth-order valence-electron chi connectivity index (χ4n) is 3.77. The first-order chi connectivity index (χ1) is 15.7. The minimum Gasteiger partial charge on any atom is -0.496 e. The van der Waals surface area contributed by atoms with Gasteiger partial charge in [-0.2, -0.15) is 0 Å². The first-order valence-electron chi connectivity index (χ1n) is 10.5. The van der Waals surface area contributed by atoms with Crippen molar-refractivity contribution in [3.8, 4) is 17.1 Å². The molecule has 2 aromatic rings. The second-order valence-electron chi connectivity index (χ2n) is 8.52. The number of piperazine rings is 1. The average Bonchev–Trinajstić information content (AvgIpc) is 3.28. The van der Waals surface area contributed by atoms with E-state index in [2.05, 4.69) is 20.5 Å². The Morgan fingerprint density at radius 2 is 1.85 bits per heavy atom. The number of carboxylic acid groups (broad SMARTS) is 1. The monoisotopic (exact) mass is 459 g/mol. The van der Waals surface area contributed by atoms with Crippen molar-refractivity contribution in [1.82, 2.24) is 20.1 Å². The molecule has 178 valence electrons. The molecule has 1 aromatic carbocycles. The van der Waals surface area contributed by atoms with Gasteiger partial charge in [0.25, 0.3) is 0 Å². The van der Waals surface area contributed by atoms with Gasteiger partial charge < -0.3 is 24.9 Å². The molecule has 0 unspecified atom stereocenters. The summed E-state index contributed by atoms with van der Waals surface area (Å²) < 4.78 is 10.7. The number of methoxy groups -OCH3 is 1. The van der Waals surface area contributed by atoms with Gasteiger partial charge in [0.1, 0.15) is 5.75 Å². The van der Waals surface area contributed by atoms with E-state index in [4.69, 9.17) is 14.3 Å². The normalized spacial score (nSPS) is 15.1. The van der Waals surface area contributed by atoms with E-state index >= 15 is 0 Å². The maximum Gasteiger partial charge on any atom is 0.317 e. The Morgan fingerprint density at radius 1 is 1.15 bits per heavy atom. The van der Waals surface area contributed by atoms with Crippen LogP contribution in [0.5, 0.6) is 5.75 Å². The molecule has 1 aliphatic heterocycles. The summed E-state index contributed by atoms with van der Waals surface area (Å²) in [6.07, 6.45) is 2.87. The third-order valence-electron chi connectivity index (χ3n) is 5.26. The third-order valence-corrected chi connectivity index (χ3v) is 5.26. The third kappa shape index (κ3) is 6.77. The van der Waals surface area contributed by atoms with E-state index in [1.54, 1.807) is 24.4 Å². The smallest absolute Gasteiger partial charge is 0.317 e. The van der Waals surface area contributed by atoms with E-state index in [1.807, 2.05) is 18.7 Å². The summed E-state index contributed by atoms with van der Waals surface area (Å²) in [4.78, 5) is 43.7. The lowest BCUT2D eigenvalue weighted by molar-refractivity contribution is -0.139. The van der Waals surface area contributed by atoms with Gasteiger partial charge >= 0.3 is 17.8 Å². The van der Waals surface area contributed by atoms with Crippen LogP contribution in [0, 0.1) is 0 Å². The van der Waals surface area contributed by atoms with Crippen LogP contribution in [-0.4, -0.2) is 89.6 Å². The van der Waals surface area contributed by atoms with Crippen LogP contribution < -0.4 is 15.4 Å². The molecule has 11 nitrogen and oxygen atoms in total.